The van der Waals surface area contributed by atoms with E-state index in [1.165, 1.54) is 0 Å². The van der Waals surface area contributed by atoms with Gasteiger partial charge in [-0.05, 0) is 17.7 Å². The minimum atomic E-state index is 0.651. The van der Waals surface area contributed by atoms with Crippen LogP contribution in [0.5, 0.6) is 5.75 Å². The van der Waals surface area contributed by atoms with Crippen molar-refractivity contribution in [2.45, 2.75) is 0 Å². The van der Waals surface area contributed by atoms with E-state index in [9.17, 15) is 0 Å². The third-order valence-corrected chi connectivity index (χ3v) is 1.49. The van der Waals surface area contributed by atoms with E-state index in [4.69, 9.17) is 10.5 Å². The van der Waals surface area contributed by atoms with Crippen LogP contribution in [0.15, 0.2) is 24.8 Å². The zero-order valence-corrected chi connectivity index (χ0v) is 6.50. The Labute approximate surface area is 66.3 Å². The summed E-state index contributed by atoms with van der Waals surface area (Å²) in [5.74, 6) is 0.697. The standard InChI is InChI=1S/C9H11NO/c1-3-7-4-5-8(10)9(6-7)11-2/h3-6H,1,10H2,2H3. The molecule has 58 valence electrons. The molecule has 0 fully saturated rings. The fraction of sp³-hybridized carbons (Fsp3) is 0.111. The number of nitrogen functional groups attached to an aromatic ring is 1. The summed E-state index contributed by atoms with van der Waals surface area (Å²) in [6.45, 7) is 3.64. The summed E-state index contributed by atoms with van der Waals surface area (Å²) in [5.41, 5.74) is 7.26. The summed E-state index contributed by atoms with van der Waals surface area (Å²) in [6.07, 6.45) is 1.75. The fourth-order valence-corrected chi connectivity index (χ4v) is 0.855. The SMILES string of the molecule is C=Cc1ccc(N)c(OC)c1. The van der Waals surface area contributed by atoms with E-state index in [1.807, 2.05) is 12.1 Å². The van der Waals surface area contributed by atoms with Crippen LogP contribution in [0, 0.1) is 0 Å². The molecule has 1 aromatic carbocycles. The predicted molar refractivity (Wildman–Crippen MR) is 47.5 cm³/mol. The summed E-state index contributed by atoms with van der Waals surface area (Å²) in [7, 11) is 1.60. The van der Waals surface area contributed by atoms with E-state index in [2.05, 4.69) is 6.58 Å². The normalized spacial score (nSPS) is 9.18. The quantitative estimate of drug-likeness (QED) is 0.652. The van der Waals surface area contributed by atoms with E-state index in [1.54, 1.807) is 19.3 Å². The molecule has 0 saturated heterocycles. The maximum atomic E-state index is 5.60. The smallest absolute Gasteiger partial charge is 0.142 e. The fourth-order valence-electron chi connectivity index (χ4n) is 0.855. The first-order chi connectivity index (χ1) is 5.27. The first-order valence-electron chi connectivity index (χ1n) is 3.34. The lowest BCUT2D eigenvalue weighted by atomic mass is 10.2. The highest BCUT2D eigenvalue weighted by atomic mass is 16.5. The Hall–Kier alpha value is -1.44. The second kappa shape index (κ2) is 3.10. The Kier molecular flexibility index (Phi) is 2.16. The van der Waals surface area contributed by atoms with Crippen molar-refractivity contribution in [2.24, 2.45) is 0 Å². The molecule has 1 aromatic rings. The number of hydrogen-bond acceptors (Lipinski definition) is 2. The van der Waals surface area contributed by atoms with Gasteiger partial charge in [-0.1, -0.05) is 18.7 Å². The van der Waals surface area contributed by atoms with Gasteiger partial charge in [-0.25, -0.2) is 0 Å². The largest absolute Gasteiger partial charge is 0.495 e. The summed E-state index contributed by atoms with van der Waals surface area (Å²) >= 11 is 0. The van der Waals surface area contributed by atoms with Crippen LogP contribution in [0.1, 0.15) is 5.56 Å². The van der Waals surface area contributed by atoms with E-state index >= 15 is 0 Å². The summed E-state index contributed by atoms with van der Waals surface area (Å²) in [4.78, 5) is 0. The Morgan fingerprint density at radius 3 is 2.82 bits per heavy atom. The monoisotopic (exact) mass is 149 g/mol. The van der Waals surface area contributed by atoms with Crippen LogP contribution >= 0.6 is 0 Å². The Bertz CT molecular complexity index is 268. The highest BCUT2D eigenvalue weighted by molar-refractivity contribution is 5.60. The number of nitrogens with two attached hydrogens (primary N) is 1. The molecule has 2 nitrogen and oxygen atoms in total. The van der Waals surface area contributed by atoms with Crippen molar-refractivity contribution >= 4 is 11.8 Å². The van der Waals surface area contributed by atoms with Crippen molar-refractivity contribution < 1.29 is 4.74 Å². The molecule has 11 heavy (non-hydrogen) atoms. The van der Waals surface area contributed by atoms with E-state index in [-0.39, 0.29) is 0 Å². The molecule has 0 heterocycles. The molecule has 0 unspecified atom stereocenters. The second-order valence-corrected chi connectivity index (χ2v) is 2.21. The van der Waals surface area contributed by atoms with Crippen molar-refractivity contribution in [2.75, 3.05) is 12.8 Å². The van der Waals surface area contributed by atoms with Crippen molar-refractivity contribution in [1.29, 1.82) is 0 Å². The Morgan fingerprint density at radius 1 is 1.55 bits per heavy atom. The number of anilines is 1. The van der Waals surface area contributed by atoms with Crippen molar-refractivity contribution in [3.63, 3.8) is 0 Å². The molecule has 2 heteroatoms. The molecule has 0 aromatic heterocycles. The van der Waals surface area contributed by atoms with Gasteiger partial charge in [0.1, 0.15) is 5.75 Å². The van der Waals surface area contributed by atoms with Gasteiger partial charge >= 0.3 is 0 Å². The van der Waals surface area contributed by atoms with Crippen LogP contribution in [-0.4, -0.2) is 7.11 Å². The van der Waals surface area contributed by atoms with Crippen molar-refractivity contribution in [3.05, 3.63) is 30.3 Å². The Balaban J connectivity index is 3.12. The summed E-state index contributed by atoms with van der Waals surface area (Å²) < 4.78 is 5.01. The highest BCUT2D eigenvalue weighted by Gasteiger charge is 1.96. The van der Waals surface area contributed by atoms with E-state index in [0.717, 1.165) is 5.56 Å². The lowest BCUT2D eigenvalue weighted by Gasteiger charge is -2.03. The first kappa shape index (κ1) is 7.66. The highest BCUT2D eigenvalue weighted by Crippen LogP contribution is 2.22. The Morgan fingerprint density at radius 2 is 2.27 bits per heavy atom. The maximum Gasteiger partial charge on any atom is 0.142 e. The lowest BCUT2D eigenvalue weighted by molar-refractivity contribution is 0.417. The molecule has 0 radical (unpaired) electrons. The number of benzene rings is 1. The molecule has 0 atom stereocenters. The number of rotatable bonds is 2. The minimum absolute atomic E-state index is 0.651. The molecule has 2 N–H and O–H groups in total. The van der Waals surface area contributed by atoms with Crippen molar-refractivity contribution in [3.8, 4) is 5.75 Å². The van der Waals surface area contributed by atoms with Crippen LogP contribution in [0.25, 0.3) is 6.08 Å². The van der Waals surface area contributed by atoms with Gasteiger partial charge in [-0.2, -0.15) is 0 Å². The molecule has 0 spiro atoms. The number of ether oxygens (including phenoxy) is 1. The van der Waals surface area contributed by atoms with Gasteiger partial charge in [0.25, 0.3) is 0 Å². The maximum absolute atomic E-state index is 5.60. The molecule has 0 aliphatic heterocycles. The van der Waals surface area contributed by atoms with E-state index in [0.29, 0.717) is 11.4 Å². The van der Waals surface area contributed by atoms with Crippen LogP contribution in [0.2, 0.25) is 0 Å². The summed E-state index contributed by atoms with van der Waals surface area (Å²) in [6, 6.07) is 5.54. The second-order valence-electron chi connectivity index (χ2n) is 2.21. The molecular weight excluding hydrogens is 138 g/mol. The molecule has 0 aliphatic carbocycles. The summed E-state index contributed by atoms with van der Waals surface area (Å²) in [5, 5.41) is 0. The average Bonchev–Trinajstić information content (AvgIpc) is 2.05. The van der Waals surface area contributed by atoms with Gasteiger partial charge in [0, 0.05) is 0 Å². The van der Waals surface area contributed by atoms with E-state index < -0.39 is 0 Å². The molecule has 0 saturated carbocycles. The van der Waals surface area contributed by atoms with Crippen molar-refractivity contribution in [1.82, 2.24) is 0 Å². The predicted octanol–water partition coefficient (Wildman–Crippen LogP) is 1.92. The molecule has 0 bridgehead atoms. The zero-order chi connectivity index (χ0) is 8.27. The van der Waals surface area contributed by atoms with Gasteiger partial charge in [-0.15, -0.1) is 0 Å². The third kappa shape index (κ3) is 1.52. The topological polar surface area (TPSA) is 35.2 Å². The van der Waals surface area contributed by atoms with Gasteiger partial charge in [0.05, 0.1) is 12.8 Å². The molecular formula is C9H11NO. The minimum Gasteiger partial charge on any atom is -0.495 e. The van der Waals surface area contributed by atoms with Gasteiger partial charge in [-0.3, -0.25) is 0 Å². The van der Waals surface area contributed by atoms with Gasteiger partial charge in [0.15, 0.2) is 0 Å². The molecule has 0 aliphatic rings. The third-order valence-electron chi connectivity index (χ3n) is 1.49. The van der Waals surface area contributed by atoms with Crippen LogP contribution in [0.4, 0.5) is 5.69 Å². The molecule has 1 rings (SSSR count). The number of hydrogen-bond donors (Lipinski definition) is 1. The lowest BCUT2D eigenvalue weighted by Crippen LogP contribution is -1.91. The van der Waals surface area contributed by atoms with Crippen LogP contribution < -0.4 is 10.5 Å². The van der Waals surface area contributed by atoms with Crippen LogP contribution in [0.3, 0.4) is 0 Å². The first-order valence-corrected chi connectivity index (χ1v) is 3.34. The number of methoxy groups -OCH3 is 1. The van der Waals surface area contributed by atoms with Gasteiger partial charge in [0.2, 0.25) is 0 Å². The zero-order valence-electron chi connectivity index (χ0n) is 6.50. The average molecular weight is 149 g/mol. The molecule has 0 amide bonds. The van der Waals surface area contributed by atoms with Gasteiger partial charge < -0.3 is 10.5 Å². The van der Waals surface area contributed by atoms with Crippen LogP contribution in [-0.2, 0) is 0 Å².